The zero-order valence-electron chi connectivity index (χ0n) is 15.5. The van der Waals surface area contributed by atoms with E-state index < -0.39 is 0 Å². The number of hydrogen-bond acceptors (Lipinski definition) is 4. The molecular weight excluding hydrogens is 368 g/mol. The van der Waals surface area contributed by atoms with Crippen LogP contribution in [0.5, 0.6) is 5.75 Å². The van der Waals surface area contributed by atoms with Crippen LogP contribution in [0.1, 0.15) is 59.9 Å². The van der Waals surface area contributed by atoms with E-state index in [2.05, 4.69) is 23.7 Å². The molecule has 6 heteroatoms. The second kappa shape index (κ2) is 8.40. The zero-order valence-corrected chi connectivity index (χ0v) is 17.1. The summed E-state index contributed by atoms with van der Waals surface area (Å²) in [5, 5.41) is 1.49. The Morgan fingerprint density at radius 2 is 1.96 bits per heavy atom. The first kappa shape index (κ1) is 19.2. The van der Waals surface area contributed by atoms with Crippen molar-refractivity contribution in [2.24, 2.45) is 0 Å². The molecule has 1 aromatic heterocycles. The topological polar surface area (TPSA) is 42.4 Å². The number of aryl methyl sites for hydroxylation is 1. The summed E-state index contributed by atoms with van der Waals surface area (Å²) in [5.41, 5.74) is 0.790. The fourth-order valence-corrected chi connectivity index (χ4v) is 4.56. The van der Waals surface area contributed by atoms with Crippen molar-refractivity contribution in [2.75, 3.05) is 0 Å². The molecule has 2 aromatic rings. The van der Waals surface area contributed by atoms with Crippen molar-refractivity contribution in [2.45, 2.75) is 65.1 Å². The molecule has 0 bridgehead atoms. The molecule has 0 atom stereocenters. The third kappa shape index (κ3) is 4.38. The average molecular weight is 393 g/mol. The number of carbonyl (C=O) groups excluding carboxylic acids is 1. The fourth-order valence-electron chi connectivity index (χ4n) is 3.51. The van der Waals surface area contributed by atoms with Crippen molar-refractivity contribution in [1.29, 1.82) is 0 Å². The molecule has 1 aromatic carbocycles. The first-order valence-electron chi connectivity index (χ1n) is 9.13. The first-order chi connectivity index (χ1) is 12.5. The number of hydrogen-bond donors (Lipinski definition) is 0. The Morgan fingerprint density at radius 1 is 1.31 bits per heavy atom. The van der Waals surface area contributed by atoms with Gasteiger partial charge in [-0.05, 0) is 57.9 Å². The van der Waals surface area contributed by atoms with E-state index in [4.69, 9.17) is 16.3 Å². The van der Waals surface area contributed by atoms with Gasteiger partial charge in [0.15, 0.2) is 0 Å². The van der Waals surface area contributed by atoms with Gasteiger partial charge in [0.05, 0.1) is 5.69 Å². The highest BCUT2D eigenvalue weighted by Crippen LogP contribution is 2.29. The maximum Gasteiger partial charge on any atom is 0.266 e. The van der Waals surface area contributed by atoms with Gasteiger partial charge in [0.2, 0.25) is 0 Å². The van der Waals surface area contributed by atoms with Gasteiger partial charge >= 0.3 is 0 Å². The lowest BCUT2D eigenvalue weighted by Crippen LogP contribution is -2.43. The molecule has 1 aliphatic rings. The summed E-state index contributed by atoms with van der Waals surface area (Å²) in [6.07, 6.45) is 4.63. The Morgan fingerprint density at radius 3 is 2.58 bits per heavy atom. The number of carbonyl (C=O) groups is 1. The molecule has 140 valence electrons. The number of benzene rings is 1. The third-order valence-electron chi connectivity index (χ3n) is 4.72. The Hall–Kier alpha value is -1.59. The largest absolute Gasteiger partial charge is 0.486 e. The molecule has 1 aliphatic carbocycles. The van der Waals surface area contributed by atoms with Gasteiger partial charge in [-0.25, -0.2) is 4.98 Å². The van der Waals surface area contributed by atoms with E-state index >= 15 is 0 Å². The molecule has 4 nitrogen and oxygen atoms in total. The zero-order chi connectivity index (χ0) is 18.7. The molecule has 0 saturated heterocycles. The van der Waals surface area contributed by atoms with E-state index in [1.165, 1.54) is 24.2 Å². The first-order valence-corrected chi connectivity index (χ1v) is 10.3. The number of ether oxygens (including phenoxy) is 1. The van der Waals surface area contributed by atoms with Gasteiger partial charge in [0.25, 0.3) is 5.91 Å². The highest BCUT2D eigenvalue weighted by Gasteiger charge is 2.31. The van der Waals surface area contributed by atoms with Crippen LogP contribution >= 0.6 is 22.9 Å². The highest BCUT2D eigenvalue weighted by atomic mass is 35.5. The summed E-state index contributed by atoms with van der Waals surface area (Å²) in [7, 11) is 0. The van der Waals surface area contributed by atoms with E-state index in [0.29, 0.717) is 17.7 Å². The minimum absolute atomic E-state index is 0.111. The Bertz CT molecular complexity index is 752. The minimum Gasteiger partial charge on any atom is -0.486 e. The highest BCUT2D eigenvalue weighted by molar-refractivity contribution is 7.13. The summed E-state index contributed by atoms with van der Waals surface area (Å²) in [6.45, 7) is 6.45. The Balaban J connectivity index is 1.71. The number of amides is 1. The van der Waals surface area contributed by atoms with Crippen LogP contribution in [0.15, 0.2) is 24.3 Å². The Kier molecular flexibility index (Phi) is 6.20. The fraction of sp³-hybridized carbons (Fsp3) is 0.500. The molecule has 26 heavy (non-hydrogen) atoms. The predicted molar refractivity (Wildman–Crippen MR) is 106 cm³/mol. The van der Waals surface area contributed by atoms with Gasteiger partial charge in [-0.1, -0.05) is 24.4 Å². The molecule has 1 fully saturated rings. The van der Waals surface area contributed by atoms with E-state index in [0.717, 1.165) is 34.2 Å². The van der Waals surface area contributed by atoms with Crippen molar-refractivity contribution >= 4 is 28.8 Å². The molecule has 1 amide bonds. The van der Waals surface area contributed by atoms with Crippen LogP contribution < -0.4 is 4.74 Å². The standard InChI is InChI=1S/C20H25ClN2O2S/c1-13(2)23(16-6-4-5-7-16)20(24)19-14(3)22-18(26-19)12-25-17-10-8-15(21)9-11-17/h8-11,13,16H,4-7,12H2,1-3H3. The molecule has 1 heterocycles. The number of nitrogens with zero attached hydrogens (tertiary/aromatic N) is 2. The molecular formula is C20H25ClN2O2S. The molecule has 3 rings (SSSR count). The molecule has 0 spiro atoms. The predicted octanol–water partition coefficient (Wildman–Crippen LogP) is 5.48. The van der Waals surface area contributed by atoms with E-state index in [1.54, 1.807) is 12.1 Å². The quantitative estimate of drug-likeness (QED) is 0.653. The summed E-state index contributed by atoms with van der Waals surface area (Å²) < 4.78 is 5.77. The average Bonchev–Trinajstić information content (AvgIpc) is 3.24. The van der Waals surface area contributed by atoms with Gasteiger partial charge in [0.1, 0.15) is 22.2 Å². The molecule has 0 unspecified atom stereocenters. The summed E-state index contributed by atoms with van der Waals surface area (Å²) >= 11 is 7.33. The van der Waals surface area contributed by atoms with Gasteiger partial charge in [-0.2, -0.15) is 0 Å². The molecule has 0 aliphatic heterocycles. The molecule has 0 N–H and O–H groups in total. The molecule has 0 radical (unpaired) electrons. The summed E-state index contributed by atoms with van der Waals surface area (Å²) in [4.78, 5) is 20.5. The van der Waals surface area contributed by atoms with Crippen molar-refractivity contribution < 1.29 is 9.53 Å². The van der Waals surface area contributed by atoms with Crippen LogP contribution in [0.4, 0.5) is 0 Å². The van der Waals surface area contributed by atoms with Crippen LogP contribution in [0, 0.1) is 6.92 Å². The van der Waals surface area contributed by atoms with E-state index in [-0.39, 0.29) is 11.9 Å². The second-order valence-corrected chi connectivity index (χ2v) is 8.53. The van der Waals surface area contributed by atoms with Crippen molar-refractivity contribution in [3.05, 3.63) is 44.9 Å². The summed E-state index contributed by atoms with van der Waals surface area (Å²) in [6, 6.07) is 7.80. The van der Waals surface area contributed by atoms with Crippen LogP contribution in [-0.4, -0.2) is 27.9 Å². The van der Waals surface area contributed by atoms with Crippen LogP contribution in [0.2, 0.25) is 5.02 Å². The lowest BCUT2D eigenvalue weighted by molar-refractivity contribution is 0.0617. The maximum atomic E-state index is 13.2. The second-order valence-electron chi connectivity index (χ2n) is 7.01. The van der Waals surface area contributed by atoms with Crippen LogP contribution in [-0.2, 0) is 6.61 Å². The maximum absolute atomic E-state index is 13.2. The van der Waals surface area contributed by atoms with Crippen molar-refractivity contribution in [3.8, 4) is 5.75 Å². The SMILES string of the molecule is Cc1nc(COc2ccc(Cl)cc2)sc1C(=O)N(C(C)C)C1CCCC1. The minimum atomic E-state index is 0.111. The lowest BCUT2D eigenvalue weighted by Gasteiger charge is -2.32. The lowest BCUT2D eigenvalue weighted by atomic mass is 10.1. The third-order valence-corrected chi connectivity index (χ3v) is 6.09. The van der Waals surface area contributed by atoms with Gasteiger partial charge in [-0.3, -0.25) is 4.79 Å². The van der Waals surface area contributed by atoms with Crippen LogP contribution in [0.3, 0.4) is 0 Å². The monoisotopic (exact) mass is 392 g/mol. The van der Waals surface area contributed by atoms with Crippen molar-refractivity contribution in [1.82, 2.24) is 9.88 Å². The number of thiazole rings is 1. The number of rotatable bonds is 6. The van der Waals surface area contributed by atoms with E-state index in [9.17, 15) is 4.79 Å². The van der Waals surface area contributed by atoms with Crippen LogP contribution in [0.25, 0.3) is 0 Å². The molecule has 1 saturated carbocycles. The van der Waals surface area contributed by atoms with Crippen molar-refractivity contribution in [3.63, 3.8) is 0 Å². The van der Waals surface area contributed by atoms with Gasteiger partial charge < -0.3 is 9.64 Å². The summed E-state index contributed by atoms with van der Waals surface area (Å²) in [5.74, 6) is 0.851. The van der Waals surface area contributed by atoms with Gasteiger partial charge in [-0.15, -0.1) is 11.3 Å². The normalized spacial score (nSPS) is 14.8. The Labute approximate surface area is 164 Å². The smallest absolute Gasteiger partial charge is 0.266 e. The van der Waals surface area contributed by atoms with Gasteiger partial charge in [0, 0.05) is 17.1 Å². The number of aromatic nitrogens is 1. The van der Waals surface area contributed by atoms with E-state index in [1.807, 2.05) is 19.1 Å². The number of halogens is 1.